The molecule has 2 N–H and O–H groups in total. The Morgan fingerprint density at radius 1 is 1.37 bits per heavy atom. The van der Waals surface area contributed by atoms with Crippen LogP contribution in [0.2, 0.25) is 0 Å². The largest absolute Gasteiger partial charge is 0.497 e. The number of hydrogen-bond donors (Lipinski definition) is 2. The normalized spacial score (nSPS) is 11.5. The Morgan fingerprint density at radius 3 is 2.58 bits per heavy atom. The number of rotatable bonds is 6. The van der Waals surface area contributed by atoms with Crippen LogP contribution < -0.4 is 10.1 Å². The second-order valence-electron chi connectivity index (χ2n) is 3.95. The molecule has 1 rings (SSSR count). The molecule has 0 aliphatic rings. The number of amides is 1. The molecule has 0 bridgehead atoms. The number of nitrogens with one attached hydrogen (secondary N) is 1. The number of ketones is 1. The number of carboxylic acids is 1. The van der Waals surface area contributed by atoms with Gasteiger partial charge in [0, 0.05) is 18.9 Å². The third-order valence-electron chi connectivity index (χ3n) is 2.46. The van der Waals surface area contributed by atoms with E-state index in [2.05, 4.69) is 5.32 Å². The Bertz CT molecular complexity index is 498. The lowest BCUT2D eigenvalue weighted by Gasteiger charge is -2.12. The average molecular weight is 265 g/mol. The fourth-order valence-electron chi connectivity index (χ4n) is 1.55. The van der Waals surface area contributed by atoms with Gasteiger partial charge in [-0.2, -0.15) is 0 Å². The Labute approximate surface area is 110 Å². The van der Waals surface area contributed by atoms with Gasteiger partial charge in [-0.3, -0.25) is 9.59 Å². The summed E-state index contributed by atoms with van der Waals surface area (Å²) in [7, 11) is 1.47. The summed E-state index contributed by atoms with van der Waals surface area (Å²) in [6.07, 6.45) is -0.303. The number of benzene rings is 1. The van der Waals surface area contributed by atoms with Gasteiger partial charge in [-0.25, -0.2) is 4.79 Å². The first-order chi connectivity index (χ1) is 8.93. The van der Waals surface area contributed by atoms with Gasteiger partial charge in [-0.15, -0.1) is 0 Å². The zero-order valence-electron chi connectivity index (χ0n) is 10.7. The van der Waals surface area contributed by atoms with E-state index in [0.717, 1.165) is 0 Å². The third-order valence-corrected chi connectivity index (χ3v) is 2.46. The van der Waals surface area contributed by atoms with E-state index >= 15 is 0 Å². The Kier molecular flexibility index (Phi) is 5.05. The highest BCUT2D eigenvalue weighted by atomic mass is 16.5. The van der Waals surface area contributed by atoms with Crippen LogP contribution in [0, 0.1) is 0 Å². The highest BCUT2D eigenvalue weighted by Crippen LogP contribution is 2.14. The summed E-state index contributed by atoms with van der Waals surface area (Å²) in [6, 6.07) is 5.18. The number of hydrogen-bond acceptors (Lipinski definition) is 4. The van der Waals surface area contributed by atoms with Crippen molar-refractivity contribution in [3.63, 3.8) is 0 Å². The van der Waals surface area contributed by atoms with E-state index < -0.39 is 17.9 Å². The Hall–Kier alpha value is -2.37. The van der Waals surface area contributed by atoms with E-state index in [-0.39, 0.29) is 12.2 Å². The maximum atomic E-state index is 11.9. The van der Waals surface area contributed by atoms with E-state index in [1.165, 1.54) is 20.1 Å². The summed E-state index contributed by atoms with van der Waals surface area (Å²) in [5.41, 5.74) is 0.343. The first-order valence-corrected chi connectivity index (χ1v) is 5.61. The van der Waals surface area contributed by atoms with Crippen LogP contribution in [0.4, 0.5) is 0 Å². The fourth-order valence-corrected chi connectivity index (χ4v) is 1.55. The minimum atomic E-state index is -1.24. The molecule has 0 aliphatic heterocycles. The van der Waals surface area contributed by atoms with Crippen molar-refractivity contribution in [2.75, 3.05) is 7.11 Å². The number of carboxylic acid groups (broad SMARTS) is 1. The van der Waals surface area contributed by atoms with Gasteiger partial charge in [0.1, 0.15) is 11.8 Å². The van der Waals surface area contributed by atoms with Gasteiger partial charge in [0.2, 0.25) is 5.91 Å². The van der Waals surface area contributed by atoms with Crippen LogP contribution in [0.5, 0.6) is 5.75 Å². The lowest BCUT2D eigenvalue weighted by molar-refractivity contribution is -0.141. The van der Waals surface area contributed by atoms with Crippen molar-refractivity contribution in [1.29, 1.82) is 0 Å². The number of methoxy groups -OCH3 is 1. The van der Waals surface area contributed by atoms with Crippen LogP contribution in [0.1, 0.15) is 23.7 Å². The van der Waals surface area contributed by atoms with Crippen molar-refractivity contribution < 1.29 is 24.2 Å². The molecule has 19 heavy (non-hydrogen) atoms. The molecular formula is C13H15NO5. The highest BCUT2D eigenvalue weighted by Gasteiger charge is 2.22. The number of carbonyl (C=O) groups excluding carboxylic acids is 2. The third kappa shape index (κ3) is 4.42. The fraction of sp³-hybridized carbons (Fsp3) is 0.308. The lowest BCUT2D eigenvalue weighted by Crippen LogP contribution is -2.41. The maximum Gasteiger partial charge on any atom is 0.326 e. The van der Waals surface area contributed by atoms with Gasteiger partial charge in [-0.1, -0.05) is 12.1 Å². The van der Waals surface area contributed by atoms with Crippen molar-refractivity contribution in [3.8, 4) is 5.75 Å². The van der Waals surface area contributed by atoms with E-state index in [1.54, 1.807) is 18.2 Å². The van der Waals surface area contributed by atoms with Gasteiger partial charge >= 0.3 is 5.97 Å². The molecular weight excluding hydrogens is 250 g/mol. The van der Waals surface area contributed by atoms with Gasteiger partial charge in [-0.05, 0) is 12.1 Å². The van der Waals surface area contributed by atoms with E-state index in [0.29, 0.717) is 11.3 Å². The first-order valence-electron chi connectivity index (χ1n) is 5.61. The molecule has 0 aliphatic carbocycles. The number of ether oxygens (including phenoxy) is 1. The molecule has 0 fully saturated rings. The second-order valence-corrected chi connectivity index (χ2v) is 3.95. The number of carbonyl (C=O) groups is 3. The highest BCUT2D eigenvalue weighted by molar-refractivity contribution is 5.99. The summed E-state index contributed by atoms with van der Waals surface area (Å²) in [4.78, 5) is 33.7. The lowest BCUT2D eigenvalue weighted by atomic mass is 10.0. The predicted molar refractivity (Wildman–Crippen MR) is 67.2 cm³/mol. The van der Waals surface area contributed by atoms with Crippen molar-refractivity contribution in [3.05, 3.63) is 29.8 Å². The van der Waals surface area contributed by atoms with Crippen LogP contribution in [-0.4, -0.2) is 35.9 Å². The molecule has 1 aromatic rings. The van der Waals surface area contributed by atoms with Crippen LogP contribution in [0.3, 0.4) is 0 Å². The number of aliphatic carboxylic acids is 1. The average Bonchev–Trinajstić information content (AvgIpc) is 2.37. The summed E-state index contributed by atoms with van der Waals surface area (Å²) < 4.78 is 4.98. The first kappa shape index (κ1) is 14.7. The smallest absolute Gasteiger partial charge is 0.326 e. The Balaban J connectivity index is 2.81. The topological polar surface area (TPSA) is 92.7 Å². The van der Waals surface area contributed by atoms with Crippen LogP contribution in [0.15, 0.2) is 24.3 Å². The van der Waals surface area contributed by atoms with Crippen molar-refractivity contribution in [2.24, 2.45) is 0 Å². The van der Waals surface area contributed by atoms with E-state index in [1.807, 2.05) is 0 Å². The SMILES string of the molecule is COc1cccc(C(=O)C[C@@H](NC(C)=O)C(=O)O)c1. The second kappa shape index (κ2) is 6.53. The molecule has 1 amide bonds. The number of Topliss-reactive ketones (excluding diaryl/α,β-unsaturated/α-hetero) is 1. The molecule has 0 saturated carbocycles. The molecule has 0 heterocycles. The molecule has 1 atom stereocenters. The van der Waals surface area contributed by atoms with Crippen LogP contribution >= 0.6 is 0 Å². The van der Waals surface area contributed by atoms with Gasteiger partial charge < -0.3 is 15.2 Å². The minimum absolute atomic E-state index is 0.303. The summed E-state index contributed by atoms with van der Waals surface area (Å²) in [5, 5.41) is 11.1. The summed E-state index contributed by atoms with van der Waals surface area (Å²) in [6.45, 7) is 1.20. The summed E-state index contributed by atoms with van der Waals surface area (Å²) in [5.74, 6) is -1.60. The molecule has 0 saturated heterocycles. The Morgan fingerprint density at radius 2 is 2.05 bits per heavy atom. The van der Waals surface area contributed by atoms with Crippen molar-refractivity contribution in [1.82, 2.24) is 5.32 Å². The van der Waals surface area contributed by atoms with Gasteiger partial charge in [0.15, 0.2) is 5.78 Å². The van der Waals surface area contributed by atoms with Crippen molar-refractivity contribution in [2.45, 2.75) is 19.4 Å². The zero-order valence-corrected chi connectivity index (χ0v) is 10.7. The molecule has 0 spiro atoms. The summed E-state index contributed by atoms with van der Waals surface area (Å²) >= 11 is 0. The zero-order chi connectivity index (χ0) is 14.4. The standard InChI is InChI=1S/C13H15NO5/c1-8(15)14-11(13(17)18)7-12(16)9-4-3-5-10(6-9)19-2/h3-6,11H,7H2,1-2H3,(H,14,15)(H,17,18)/t11-/m1/s1. The molecule has 1 aromatic carbocycles. The predicted octanol–water partition coefficient (Wildman–Crippen LogP) is 0.857. The maximum absolute atomic E-state index is 11.9. The van der Waals surface area contributed by atoms with Crippen molar-refractivity contribution >= 4 is 17.7 Å². The van der Waals surface area contributed by atoms with Gasteiger partial charge in [0.25, 0.3) is 0 Å². The molecule has 0 aromatic heterocycles. The molecule has 0 radical (unpaired) electrons. The van der Waals surface area contributed by atoms with E-state index in [9.17, 15) is 14.4 Å². The molecule has 6 nitrogen and oxygen atoms in total. The molecule has 102 valence electrons. The van der Waals surface area contributed by atoms with E-state index in [4.69, 9.17) is 9.84 Å². The minimum Gasteiger partial charge on any atom is -0.497 e. The molecule has 0 unspecified atom stereocenters. The quantitative estimate of drug-likeness (QED) is 0.744. The molecule has 6 heteroatoms. The van der Waals surface area contributed by atoms with Crippen LogP contribution in [0.25, 0.3) is 0 Å². The van der Waals surface area contributed by atoms with Crippen LogP contribution in [-0.2, 0) is 9.59 Å². The monoisotopic (exact) mass is 265 g/mol. The van der Waals surface area contributed by atoms with Gasteiger partial charge in [0.05, 0.1) is 7.11 Å².